The first-order valence-electron chi connectivity index (χ1n) is 7.58. The molecule has 5 heteroatoms. The van der Waals surface area contributed by atoms with Gasteiger partial charge < -0.3 is 14.3 Å². The lowest BCUT2D eigenvalue weighted by molar-refractivity contribution is 0.343. The number of ether oxygens (including phenoxy) is 1. The molecule has 1 fully saturated rings. The van der Waals surface area contributed by atoms with Crippen LogP contribution in [0.5, 0.6) is 5.75 Å². The summed E-state index contributed by atoms with van der Waals surface area (Å²) >= 11 is 7.57. The lowest BCUT2D eigenvalue weighted by atomic mass is 10.1. The molecule has 1 aromatic heterocycles. The number of imidazole rings is 1. The molecule has 1 heterocycles. The summed E-state index contributed by atoms with van der Waals surface area (Å²) < 4.78 is 9.12. The summed E-state index contributed by atoms with van der Waals surface area (Å²) in [6.45, 7) is 3.66. The van der Waals surface area contributed by atoms with Crippen LogP contribution in [0.3, 0.4) is 0 Å². The molecular weight excluding hydrogens is 300 g/mol. The Bertz CT molecular complexity index is 683. The number of hydrogen-bond acceptors (Lipinski definition) is 3. The van der Waals surface area contributed by atoms with E-state index in [1.165, 1.54) is 25.7 Å². The third-order valence-electron chi connectivity index (χ3n) is 4.47. The van der Waals surface area contributed by atoms with E-state index in [2.05, 4.69) is 21.9 Å². The second-order valence-electron chi connectivity index (χ2n) is 5.69. The minimum atomic E-state index is 0.342. The maximum Gasteiger partial charge on any atom is 0.178 e. The Morgan fingerprint density at radius 1 is 1.38 bits per heavy atom. The fourth-order valence-corrected chi connectivity index (χ4v) is 4.54. The first-order chi connectivity index (χ1) is 10.2. The van der Waals surface area contributed by atoms with Crippen LogP contribution in [0.4, 0.5) is 0 Å². The van der Waals surface area contributed by atoms with E-state index in [1.54, 1.807) is 0 Å². The molecule has 0 bridgehead atoms. The smallest absolute Gasteiger partial charge is 0.178 e. The van der Waals surface area contributed by atoms with E-state index in [4.69, 9.17) is 17.0 Å². The van der Waals surface area contributed by atoms with Gasteiger partial charge in [0, 0.05) is 11.3 Å². The first-order valence-corrected chi connectivity index (χ1v) is 9.22. The number of nitrogens with one attached hydrogen (secondary N) is 1. The summed E-state index contributed by atoms with van der Waals surface area (Å²) in [6, 6.07) is 6.18. The van der Waals surface area contributed by atoms with Crippen molar-refractivity contribution in [1.29, 1.82) is 0 Å². The Hall–Kier alpha value is -0.940. The van der Waals surface area contributed by atoms with Gasteiger partial charge in [-0.15, -0.1) is 0 Å². The van der Waals surface area contributed by atoms with E-state index in [0.717, 1.165) is 28.1 Å². The van der Waals surface area contributed by atoms with Gasteiger partial charge in [-0.2, -0.15) is 11.8 Å². The molecule has 114 valence electrons. The Balaban J connectivity index is 2.04. The molecule has 0 aliphatic heterocycles. The Morgan fingerprint density at radius 3 is 2.81 bits per heavy atom. The van der Waals surface area contributed by atoms with Gasteiger partial charge in [-0.3, -0.25) is 0 Å². The minimum Gasteiger partial charge on any atom is -0.492 e. The zero-order valence-electron chi connectivity index (χ0n) is 12.6. The van der Waals surface area contributed by atoms with Gasteiger partial charge in [0.1, 0.15) is 11.3 Å². The van der Waals surface area contributed by atoms with Crippen molar-refractivity contribution in [2.75, 3.05) is 12.9 Å². The number of hydrogen-bond donors (Lipinski definition) is 1. The van der Waals surface area contributed by atoms with Crippen LogP contribution in [0.2, 0.25) is 0 Å². The fraction of sp³-hybridized carbons (Fsp3) is 0.562. The summed E-state index contributed by atoms with van der Waals surface area (Å²) in [5, 5.41) is 0. The third kappa shape index (κ3) is 2.73. The van der Waals surface area contributed by atoms with Gasteiger partial charge in [-0.1, -0.05) is 18.9 Å². The Morgan fingerprint density at radius 2 is 2.14 bits per heavy atom. The van der Waals surface area contributed by atoms with Crippen molar-refractivity contribution in [2.45, 2.75) is 43.9 Å². The maximum atomic E-state index is 5.71. The van der Waals surface area contributed by atoms with Crippen LogP contribution >= 0.6 is 24.0 Å². The quantitative estimate of drug-likeness (QED) is 0.804. The largest absolute Gasteiger partial charge is 0.492 e. The molecule has 0 saturated heterocycles. The number of para-hydroxylation sites is 1. The third-order valence-corrected chi connectivity index (χ3v) is 6.19. The average Bonchev–Trinajstić information content (AvgIpc) is 3.07. The molecular formula is C16H22N2OS2. The fourth-order valence-electron chi connectivity index (χ4n) is 3.32. The standard InChI is InChI=1S/C16H22N2OS2/c1-3-19-13-8-6-7-12-14(13)17-15(20)18(12)11-16(21-2)9-4-5-10-16/h6-8H,3-5,9-11H2,1-2H3,(H,17,20). The van der Waals surface area contributed by atoms with Gasteiger partial charge in [-0.05, 0) is 50.4 Å². The van der Waals surface area contributed by atoms with Gasteiger partial charge in [0.05, 0.1) is 12.1 Å². The minimum absolute atomic E-state index is 0.342. The average molecular weight is 322 g/mol. The van der Waals surface area contributed by atoms with E-state index in [-0.39, 0.29) is 0 Å². The van der Waals surface area contributed by atoms with E-state index in [9.17, 15) is 0 Å². The van der Waals surface area contributed by atoms with Crippen molar-refractivity contribution >= 4 is 35.0 Å². The Labute approximate surface area is 135 Å². The molecule has 0 atom stereocenters. The van der Waals surface area contributed by atoms with Crippen molar-refractivity contribution < 1.29 is 4.74 Å². The van der Waals surface area contributed by atoms with E-state index in [1.807, 2.05) is 30.8 Å². The lowest BCUT2D eigenvalue weighted by Crippen LogP contribution is -2.26. The molecule has 3 rings (SSSR count). The zero-order valence-corrected chi connectivity index (χ0v) is 14.3. The Kier molecular flexibility index (Phi) is 4.31. The van der Waals surface area contributed by atoms with Gasteiger partial charge in [0.25, 0.3) is 0 Å². The number of fused-ring (bicyclic) bond motifs is 1. The second kappa shape index (κ2) is 6.05. The monoisotopic (exact) mass is 322 g/mol. The highest BCUT2D eigenvalue weighted by molar-refractivity contribution is 8.00. The van der Waals surface area contributed by atoms with Crippen molar-refractivity contribution in [2.24, 2.45) is 0 Å². The summed E-state index contributed by atoms with van der Waals surface area (Å²) in [7, 11) is 0. The van der Waals surface area contributed by atoms with Crippen LogP contribution in [0.25, 0.3) is 11.0 Å². The molecule has 1 saturated carbocycles. The summed E-state index contributed by atoms with van der Waals surface area (Å²) in [5.41, 5.74) is 2.19. The van der Waals surface area contributed by atoms with Crippen LogP contribution in [-0.2, 0) is 6.54 Å². The molecule has 0 spiro atoms. The number of benzene rings is 1. The molecule has 21 heavy (non-hydrogen) atoms. The first kappa shape index (κ1) is 15.0. The predicted molar refractivity (Wildman–Crippen MR) is 93.0 cm³/mol. The normalized spacial score (nSPS) is 17.4. The predicted octanol–water partition coefficient (Wildman–Crippen LogP) is 4.77. The van der Waals surface area contributed by atoms with Crippen LogP contribution in [0.1, 0.15) is 32.6 Å². The van der Waals surface area contributed by atoms with Crippen molar-refractivity contribution in [3.8, 4) is 5.75 Å². The summed E-state index contributed by atoms with van der Waals surface area (Å²) in [4.78, 5) is 3.34. The van der Waals surface area contributed by atoms with Crippen LogP contribution in [-0.4, -0.2) is 27.2 Å². The van der Waals surface area contributed by atoms with Gasteiger partial charge in [0.15, 0.2) is 4.77 Å². The highest BCUT2D eigenvalue weighted by Crippen LogP contribution is 2.42. The molecule has 1 aliphatic rings. The van der Waals surface area contributed by atoms with Crippen LogP contribution in [0, 0.1) is 4.77 Å². The van der Waals surface area contributed by atoms with E-state index in [0.29, 0.717) is 11.4 Å². The number of aromatic nitrogens is 2. The van der Waals surface area contributed by atoms with Crippen molar-refractivity contribution in [1.82, 2.24) is 9.55 Å². The summed E-state index contributed by atoms with van der Waals surface area (Å²) in [5.74, 6) is 0.893. The van der Waals surface area contributed by atoms with E-state index >= 15 is 0 Å². The lowest BCUT2D eigenvalue weighted by Gasteiger charge is -2.27. The second-order valence-corrected chi connectivity index (χ2v) is 7.35. The van der Waals surface area contributed by atoms with Crippen molar-refractivity contribution in [3.63, 3.8) is 0 Å². The van der Waals surface area contributed by atoms with Gasteiger partial charge >= 0.3 is 0 Å². The molecule has 3 nitrogen and oxygen atoms in total. The molecule has 1 N–H and O–H groups in total. The topological polar surface area (TPSA) is 29.9 Å². The molecule has 0 amide bonds. The highest BCUT2D eigenvalue weighted by atomic mass is 32.2. The molecule has 0 unspecified atom stereocenters. The van der Waals surface area contributed by atoms with Crippen LogP contribution in [0.15, 0.2) is 18.2 Å². The number of thioether (sulfide) groups is 1. The number of nitrogens with zero attached hydrogens (tertiary/aromatic N) is 1. The molecule has 2 aromatic rings. The van der Waals surface area contributed by atoms with Gasteiger partial charge in [0.2, 0.25) is 0 Å². The number of aromatic amines is 1. The van der Waals surface area contributed by atoms with Crippen LogP contribution < -0.4 is 4.74 Å². The van der Waals surface area contributed by atoms with Gasteiger partial charge in [-0.25, -0.2) is 0 Å². The van der Waals surface area contributed by atoms with E-state index < -0.39 is 0 Å². The summed E-state index contributed by atoms with van der Waals surface area (Å²) in [6.07, 6.45) is 7.47. The molecule has 1 aromatic carbocycles. The highest BCUT2D eigenvalue weighted by Gasteiger charge is 2.34. The SMILES string of the molecule is CCOc1cccc2c1[nH]c(=S)n2CC1(SC)CCCC1. The number of rotatable bonds is 5. The van der Waals surface area contributed by atoms with Crippen molar-refractivity contribution in [3.05, 3.63) is 23.0 Å². The zero-order chi connectivity index (χ0) is 14.9. The maximum absolute atomic E-state index is 5.71. The number of H-pyrrole nitrogens is 1. The molecule has 1 aliphatic carbocycles. The molecule has 0 radical (unpaired) electrons.